The van der Waals surface area contributed by atoms with E-state index in [4.69, 9.17) is 4.74 Å². The Labute approximate surface area is 144 Å². The summed E-state index contributed by atoms with van der Waals surface area (Å²) in [6, 6.07) is 0. The zero-order chi connectivity index (χ0) is 17.9. The van der Waals surface area contributed by atoms with Crippen molar-refractivity contribution in [2.45, 2.75) is 60.0 Å². The topological polar surface area (TPSA) is 86.1 Å². The van der Waals surface area contributed by atoms with Crippen molar-refractivity contribution in [2.75, 3.05) is 13.2 Å². The van der Waals surface area contributed by atoms with Gasteiger partial charge in [-0.2, -0.15) is 0 Å². The van der Waals surface area contributed by atoms with Gasteiger partial charge in [-0.15, -0.1) is 5.10 Å². The number of nitrogens with zero attached hydrogens (tertiary/aromatic N) is 3. The molecule has 0 aromatic carbocycles. The molecule has 0 aliphatic rings. The van der Waals surface area contributed by atoms with Crippen LogP contribution in [0.1, 0.15) is 52.7 Å². The van der Waals surface area contributed by atoms with Gasteiger partial charge in [0.1, 0.15) is 11.5 Å². The van der Waals surface area contributed by atoms with E-state index in [0.717, 1.165) is 12.1 Å². The van der Waals surface area contributed by atoms with Crippen LogP contribution in [0.2, 0.25) is 0 Å². The molecule has 1 N–H and O–H groups in total. The highest BCUT2D eigenvalue weighted by Gasteiger charge is 2.07. The molecule has 0 aliphatic carbocycles. The summed E-state index contributed by atoms with van der Waals surface area (Å²) in [5.41, 5.74) is 0.731. The molecule has 24 heavy (non-hydrogen) atoms. The van der Waals surface area contributed by atoms with E-state index >= 15 is 0 Å². The van der Waals surface area contributed by atoms with Crippen molar-refractivity contribution in [3.8, 4) is 0 Å². The van der Waals surface area contributed by atoms with Gasteiger partial charge >= 0.3 is 0 Å². The Morgan fingerprint density at radius 3 is 2.67 bits per heavy atom. The summed E-state index contributed by atoms with van der Waals surface area (Å²) in [6.07, 6.45) is 3.64. The number of ether oxygens (including phenoxy) is 1. The van der Waals surface area contributed by atoms with Gasteiger partial charge in [-0.25, -0.2) is 4.68 Å². The van der Waals surface area contributed by atoms with Gasteiger partial charge in [0.15, 0.2) is 0 Å². The summed E-state index contributed by atoms with van der Waals surface area (Å²) in [6.45, 7) is 9.94. The molecule has 0 atom stereocenters. The predicted octanol–water partition coefficient (Wildman–Crippen LogP) is 1.96. The molecule has 1 aromatic heterocycles. The lowest BCUT2D eigenvalue weighted by Gasteiger charge is -2.05. The first-order valence-corrected chi connectivity index (χ1v) is 8.64. The molecule has 136 valence electrons. The maximum absolute atomic E-state index is 11.6. The average Bonchev–Trinajstić information content (AvgIpc) is 2.95. The van der Waals surface area contributed by atoms with Gasteiger partial charge in [-0.3, -0.25) is 9.59 Å². The van der Waals surface area contributed by atoms with Crippen molar-refractivity contribution in [3.05, 3.63) is 11.9 Å². The molecule has 0 bridgehead atoms. The molecule has 7 heteroatoms. The van der Waals surface area contributed by atoms with Crippen LogP contribution < -0.4 is 5.32 Å². The van der Waals surface area contributed by atoms with E-state index in [1.165, 1.54) is 0 Å². The lowest BCUT2D eigenvalue weighted by Crippen LogP contribution is -2.24. The van der Waals surface area contributed by atoms with Crippen LogP contribution in [0.4, 0.5) is 0 Å². The number of Topliss-reactive ketones (excluding diaryl/α,β-unsaturated/α-hetero) is 1. The highest BCUT2D eigenvalue weighted by atomic mass is 16.5. The summed E-state index contributed by atoms with van der Waals surface area (Å²) in [7, 11) is 0. The number of ketones is 1. The van der Waals surface area contributed by atoms with Crippen molar-refractivity contribution >= 4 is 11.7 Å². The standard InChI is InChI=1S/C17H30N4O3/c1-13(2)10-17(23)18-11-15-12-21(20-19-15)7-9-24-8-5-6-16(22)14(3)4/h12-14H,5-11H2,1-4H3,(H,18,23). The van der Waals surface area contributed by atoms with Crippen LogP contribution in [0.15, 0.2) is 6.20 Å². The van der Waals surface area contributed by atoms with Gasteiger partial charge in [0.05, 0.1) is 25.9 Å². The number of nitrogens with one attached hydrogen (secondary N) is 1. The molecular weight excluding hydrogens is 308 g/mol. The Morgan fingerprint density at radius 2 is 2.00 bits per heavy atom. The van der Waals surface area contributed by atoms with Crippen LogP contribution in [0.3, 0.4) is 0 Å². The van der Waals surface area contributed by atoms with Gasteiger partial charge in [-0.1, -0.05) is 32.9 Å². The summed E-state index contributed by atoms with van der Waals surface area (Å²) >= 11 is 0. The Kier molecular flexibility index (Phi) is 9.22. The predicted molar refractivity (Wildman–Crippen MR) is 91.2 cm³/mol. The van der Waals surface area contributed by atoms with E-state index in [-0.39, 0.29) is 17.6 Å². The van der Waals surface area contributed by atoms with Gasteiger partial charge in [0, 0.05) is 25.4 Å². The number of aromatic nitrogens is 3. The fraction of sp³-hybridized carbons (Fsp3) is 0.765. The third-order valence-electron chi connectivity index (χ3n) is 3.47. The molecule has 0 spiro atoms. The number of amides is 1. The molecule has 0 unspecified atom stereocenters. The van der Waals surface area contributed by atoms with E-state index in [2.05, 4.69) is 15.6 Å². The van der Waals surface area contributed by atoms with Crippen LogP contribution in [0, 0.1) is 11.8 Å². The highest BCUT2D eigenvalue weighted by molar-refractivity contribution is 5.80. The number of hydrogen-bond donors (Lipinski definition) is 1. The lowest BCUT2D eigenvalue weighted by molar-refractivity contribution is -0.122. The van der Waals surface area contributed by atoms with E-state index in [1.807, 2.05) is 27.7 Å². The second kappa shape index (κ2) is 10.9. The maximum atomic E-state index is 11.6. The van der Waals surface area contributed by atoms with Gasteiger partial charge < -0.3 is 10.1 Å². The summed E-state index contributed by atoms with van der Waals surface area (Å²) < 4.78 is 7.21. The van der Waals surface area contributed by atoms with Crippen molar-refractivity contribution in [2.24, 2.45) is 11.8 Å². The Hall–Kier alpha value is -1.76. The minimum atomic E-state index is 0.0267. The third kappa shape index (κ3) is 8.76. The Morgan fingerprint density at radius 1 is 1.25 bits per heavy atom. The molecule has 0 saturated heterocycles. The average molecular weight is 338 g/mol. The van der Waals surface area contributed by atoms with Crippen molar-refractivity contribution in [1.29, 1.82) is 0 Å². The van der Waals surface area contributed by atoms with E-state index in [1.54, 1.807) is 10.9 Å². The molecular formula is C17H30N4O3. The van der Waals surface area contributed by atoms with Crippen LogP contribution >= 0.6 is 0 Å². The molecule has 0 aliphatic heterocycles. The number of carbonyl (C=O) groups excluding carboxylic acids is 2. The van der Waals surface area contributed by atoms with E-state index in [0.29, 0.717) is 45.1 Å². The normalized spacial score (nSPS) is 11.2. The quantitative estimate of drug-likeness (QED) is 0.589. The third-order valence-corrected chi connectivity index (χ3v) is 3.47. The molecule has 1 rings (SSSR count). The number of carbonyl (C=O) groups is 2. The van der Waals surface area contributed by atoms with E-state index < -0.39 is 0 Å². The molecule has 0 fully saturated rings. The van der Waals surface area contributed by atoms with Gasteiger partial charge in [0.2, 0.25) is 5.91 Å². The zero-order valence-corrected chi connectivity index (χ0v) is 15.2. The molecule has 1 heterocycles. The first-order chi connectivity index (χ1) is 11.4. The number of hydrogen-bond acceptors (Lipinski definition) is 5. The zero-order valence-electron chi connectivity index (χ0n) is 15.2. The van der Waals surface area contributed by atoms with Crippen molar-refractivity contribution < 1.29 is 14.3 Å². The van der Waals surface area contributed by atoms with Crippen LogP contribution in [-0.4, -0.2) is 39.9 Å². The molecule has 0 saturated carbocycles. The monoisotopic (exact) mass is 338 g/mol. The molecule has 1 aromatic rings. The SMILES string of the molecule is CC(C)CC(=O)NCc1cn(CCOCCCC(=O)C(C)C)nn1. The first kappa shape index (κ1) is 20.3. The molecule has 7 nitrogen and oxygen atoms in total. The fourth-order valence-corrected chi connectivity index (χ4v) is 2.06. The maximum Gasteiger partial charge on any atom is 0.220 e. The van der Waals surface area contributed by atoms with Crippen LogP contribution in [0.25, 0.3) is 0 Å². The second-order valence-electron chi connectivity index (χ2n) is 6.68. The summed E-state index contributed by atoms with van der Waals surface area (Å²) in [4.78, 5) is 23.0. The second-order valence-corrected chi connectivity index (χ2v) is 6.68. The summed E-state index contributed by atoms with van der Waals surface area (Å²) in [5, 5.41) is 10.9. The minimum Gasteiger partial charge on any atom is -0.380 e. The van der Waals surface area contributed by atoms with Gasteiger partial charge in [0.25, 0.3) is 0 Å². The molecule has 0 radical (unpaired) electrons. The number of rotatable bonds is 12. The first-order valence-electron chi connectivity index (χ1n) is 8.64. The fourth-order valence-electron chi connectivity index (χ4n) is 2.06. The lowest BCUT2D eigenvalue weighted by atomic mass is 10.1. The smallest absolute Gasteiger partial charge is 0.220 e. The summed E-state index contributed by atoms with van der Waals surface area (Å²) in [5.74, 6) is 0.742. The van der Waals surface area contributed by atoms with Crippen molar-refractivity contribution in [1.82, 2.24) is 20.3 Å². The minimum absolute atomic E-state index is 0.0267. The van der Waals surface area contributed by atoms with Gasteiger partial charge in [-0.05, 0) is 12.3 Å². The van der Waals surface area contributed by atoms with Crippen molar-refractivity contribution in [3.63, 3.8) is 0 Å². The van der Waals surface area contributed by atoms with E-state index in [9.17, 15) is 9.59 Å². The van der Waals surface area contributed by atoms with Crippen LogP contribution in [-0.2, 0) is 27.4 Å². The van der Waals surface area contributed by atoms with Crippen LogP contribution in [0.5, 0.6) is 0 Å². The largest absolute Gasteiger partial charge is 0.380 e. The Balaban J connectivity index is 2.14. The molecule has 1 amide bonds. The highest BCUT2D eigenvalue weighted by Crippen LogP contribution is 2.02. The Bertz CT molecular complexity index is 512.